The number of fused-ring (bicyclic) bond motifs is 1. The monoisotopic (exact) mass is 415 g/mol. The minimum atomic E-state index is -0.112. The Kier molecular flexibility index (Phi) is 6.04. The third kappa shape index (κ3) is 4.39. The number of piperidine rings is 2. The summed E-state index contributed by atoms with van der Waals surface area (Å²) in [7, 11) is 0. The van der Waals surface area contributed by atoms with E-state index in [-0.39, 0.29) is 23.7 Å². The number of esters is 1. The minimum Gasteiger partial charge on any atom is -0.466 e. The van der Waals surface area contributed by atoms with Crippen LogP contribution in [-0.2, 0) is 14.3 Å². The largest absolute Gasteiger partial charge is 0.466 e. The Morgan fingerprint density at radius 2 is 1.79 bits per heavy atom. The molecule has 29 heavy (non-hydrogen) atoms. The van der Waals surface area contributed by atoms with Crippen LogP contribution in [0.15, 0.2) is 18.2 Å². The van der Waals surface area contributed by atoms with Gasteiger partial charge in [0, 0.05) is 32.1 Å². The predicted molar refractivity (Wildman–Crippen MR) is 115 cm³/mol. The van der Waals surface area contributed by atoms with E-state index >= 15 is 0 Å². The van der Waals surface area contributed by atoms with Gasteiger partial charge in [-0.3, -0.25) is 9.59 Å². The smallest absolute Gasteiger partial charge is 0.309 e. The molecule has 1 amide bonds. The molecule has 3 heterocycles. The normalized spacial score (nSPS) is 19.0. The summed E-state index contributed by atoms with van der Waals surface area (Å²) in [4.78, 5) is 33.9. The van der Waals surface area contributed by atoms with Crippen LogP contribution in [0.3, 0.4) is 0 Å². The number of hydrogen-bond acceptors (Lipinski definition) is 6. The maximum Gasteiger partial charge on any atom is 0.309 e. The summed E-state index contributed by atoms with van der Waals surface area (Å²) in [6, 6.07) is 6.37. The molecule has 2 saturated heterocycles. The number of rotatable bonds is 4. The van der Waals surface area contributed by atoms with E-state index in [1.165, 1.54) is 10.3 Å². The molecule has 1 aromatic heterocycles. The van der Waals surface area contributed by atoms with Crippen molar-refractivity contribution < 1.29 is 14.3 Å². The molecule has 6 nitrogen and oxygen atoms in total. The van der Waals surface area contributed by atoms with E-state index in [1.807, 2.05) is 11.8 Å². The third-order valence-corrected chi connectivity index (χ3v) is 7.15. The molecule has 0 atom stereocenters. The third-order valence-electron chi connectivity index (χ3n) is 6.07. The van der Waals surface area contributed by atoms with Gasteiger partial charge in [-0.25, -0.2) is 4.98 Å². The first-order chi connectivity index (χ1) is 14.0. The molecule has 0 radical (unpaired) electrons. The quantitative estimate of drug-likeness (QED) is 0.714. The van der Waals surface area contributed by atoms with Gasteiger partial charge in [-0.15, -0.1) is 0 Å². The number of amides is 1. The molecule has 4 rings (SSSR count). The van der Waals surface area contributed by atoms with Gasteiger partial charge >= 0.3 is 5.97 Å². The molecule has 1 aromatic carbocycles. The van der Waals surface area contributed by atoms with Crippen molar-refractivity contribution in [1.29, 1.82) is 0 Å². The van der Waals surface area contributed by atoms with Gasteiger partial charge in [0.2, 0.25) is 5.91 Å². The number of thiazole rings is 1. The zero-order valence-electron chi connectivity index (χ0n) is 17.2. The summed E-state index contributed by atoms with van der Waals surface area (Å²) in [6.45, 7) is 7.43. The first-order valence-electron chi connectivity index (χ1n) is 10.6. The number of likely N-dealkylation sites (tertiary alicyclic amines) is 1. The summed E-state index contributed by atoms with van der Waals surface area (Å²) in [5.74, 6) is 0.177. The zero-order valence-corrected chi connectivity index (χ0v) is 18.0. The van der Waals surface area contributed by atoms with Gasteiger partial charge in [0.05, 0.1) is 22.7 Å². The number of aromatic nitrogens is 1. The lowest BCUT2D eigenvalue weighted by atomic mass is 9.92. The zero-order chi connectivity index (χ0) is 20.4. The molecule has 0 spiro atoms. The Labute approximate surface area is 175 Å². The number of aryl methyl sites for hydroxylation is 1. The van der Waals surface area contributed by atoms with E-state index in [2.05, 4.69) is 30.0 Å². The van der Waals surface area contributed by atoms with E-state index in [1.54, 1.807) is 11.3 Å². The van der Waals surface area contributed by atoms with Crippen LogP contribution in [-0.4, -0.2) is 54.5 Å². The number of nitrogens with zero attached hydrogens (tertiary/aromatic N) is 3. The number of carbonyl (C=O) groups excluding carboxylic acids is 2. The Hall–Kier alpha value is -2.15. The predicted octanol–water partition coefficient (Wildman–Crippen LogP) is 3.62. The molecule has 0 aliphatic carbocycles. The standard InChI is InChI=1S/C22H29N3O3S/c1-3-28-21(27)17-8-10-24(11-9-17)20(26)16-6-12-25(13-7-16)22-23-18-5-4-15(2)14-19(18)29-22/h4-5,14,16-17H,3,6-13H2,1-2H3. The first-order valence-corrected chi connectivity index (χ1v) is 11.4. The number of benzene rings is 1. The second kappa shape index (κ2) is 8.69. The molecule has 0 bridgehead atoms. The van der Waals surface area contributed by atoms with Gasteiger partial charge in [0.1, 0.15) is 0 Å². The van der Waals surface area contributed by atoms with Crippen molar-refractivity contribution in [2.75, 3.05) is 37.7 Å². The molecule has 156 valence electrons. The van der Waals surface area contributed by atoms with Crippen LogP contribution in [0.1, 0.15) is 38.2 Å². The maximum atomic E-state index is 13.0. The fourth-order valence-corrected chi connectivity index (χ4v) is 5.44. The average Bonchev–Trinajstić information content (AvgIpc) is 3.17. The van der Waals surface area contributed by atoms with E-state index in [4.69, 9.17) is 9.72 Å². The molecule has 0 saturated carbocycles. The topological polar surface area (TPSA) is 62.7 Å². The molecule has 2 fully saturated rings. The van der Waals surface area contributed by atoms with Crippen molar-refractivity contribution in [2.45, 2.75) is 39.5 Å². The van der Waals surface area contributed by atoms with Gasteiger partial charge in [0.15, 0.2) is 5.13 Å². The molecule has 0 unspecified atom stereocenters. The van der Waals surface area contributed by atoms with Gasteiger partial charge in [-0.1, -0.05) is 17.4 Å². The number of ether oxygens (including phenoxy) is 1. The van der Waals surface area contributed by atoms with Crippen molar-refractivity contribution in [3.63, 3.8) is 0 Å². The molecular weight excluding hydrogens is 386 g/mol. The second-order valence-corrected chi connectivity index (χ2v) is 9.09. The SMILES string of the molecule is CCOC(=O)C1CCN(C(=O)C2CCN(c3nc4ccc(C)cc4s3)CC2)CC1. The van der Waals surface area contributed by atoms with Crippen molar-refractivity contribution in [1.82, 2.24) is 9.88 Å². The van der Waals surface area contributed by atoms with Gasteiger partial charge in [0.25, 0.3) is 0 Å². The van der Waals surface area contributed by atoms with E-state index in [0.717, 1.165) is 36.6 Å². The maximum absolute atomic E-state index is 13.0. The van der Waals surface area contributed by atoms with E-state index in [9.17, 15) is 9.59 Å². The van der Waals surface area contributed by atoms with Crippen molar-refractivity contribution in [2.24, 2.45) is 11.8 Å². The van der Waals surface area contributed by atoms with Crippen molar-refractivity contribution in [3.05, 3.63) is 23.8 Å². The summed E-state index contributed by atoms with van der Waals surface area (Å²) < 4.78 is 6.35. The van der Waals surface area contributed by atoms with Crippen molar-refractivity contribution >= 4 is 38.6 Å². The van der Waals surface area contributed by atoms with Crippen LogP contribution in [0.5, 0.6) is 0 Å². The molecule has 7 heteroatoms. The summed E-state index contributed by atoms with van der Waals surface area (Å²) >= 11 is 1.74. The highest BCUT2D eigenvalue weighted by Gasteiger charge is 2.33. The van der Waals surface area contributed by atoms with Crippen molar-refractivity contribution in [3.8, 4) is 0 Å². The Balaban J connectivity index is 1.30. The lowest BCUT2D eigenvalue weighted by Gasteiger charge is -2.36. The highest BCUT2D eigenvalue weighted by Crippen LogP contribution is 2.32. The Morgan fingerprint density at radius 3 is 2.48 bits per heavy atom. The van der Waals surface area contributed by atoms with Crippen LogP contribution in [0.4, 0.5) is 5.13 Å². The molecule has 2 aliphatic heterocycles. The number of anilines is 1. The van der Waals surface area contributed by atoms with Gasteiger partial charge in [-0.2, -0.15) is 0 Å². The molecule has 2 aromatic rings. The minimum absolute atomic E-state index is 0.0523. The summed E-state index contributed by atoms with van der Waals surface area (Å²) in [6.07, 6.45) is 3.17. The van der Waals surface area contributed by atoms with Gasteiger partial charge in [-0.05, 0) is 57.2 Å². The second-order valence-electron chi connectivity index (χ2n) is 8.08. The van der Waals surface area contributed by atoms with Crippen LogP contribution in [0.25, 0.3) is 10.2 Å². The lowest BCUT2D eigenvalue weighted by Crippen LogP contribution is -2.46. The van der Waals surface area contributed by atoms with Crippen LogP contribution in [0.2, 0.25) is 0 Å². The highest BCUT2D eigenvalue weighted by atomic mass is 32.1. The fraction of sp³-hybridized carbons (Fsp3) is 0.591. The first kappa shape index (κ1) is 20.1. The Bertz CT molecular complexity index is 881. The van der Waals surface area contributed by atoms with Crippen LogP contribution in [0, 0.1) is 18.8 Å². The lowest BCUT2D eigenvalue weighted by molar-refractivity contribution is -0.151. The summed E-state index contributed by atoms with van der Waals surface area (Å²) in [5, 5.41) is 1.06. The fourth-order valence-electron chi connectivity index (χ4n) is 4.33. The van der Waals surface area contributed by atoms with Crippen LogP contribution < -0.4 is 4.90 Å². The van der Waals surface area contributed by atoms with Crippen LogP contribution >= 0.6 is 11.3 Å². The molecule has 0 N–H and O–H groups in total. The molecular formula is C22H29N3O3S. The number of carbonyl (C=O) groups is 2. The number of hydrogen-bond donors (Lipinski definition) is 0. The average molecular weight is 416 g/mol. The summed E-state index contributed by atoms with van der Waals surface area (Å²) in [5.41, 5.74) is 2.31. The van der Waals surface area contributed by atoms with Gasteiger partial charge < -0.3 is 14.5 Å². The van der Waals surface area contributed by atoms with E-state index < -0.39 is 0 Å². The highest BCUT2D eigenvalue weighted by molar-refractivity contribution is 7.22. The van der Waals surface area contributed by atoms with E-state index in [0.29, 0.717) is 32.5 Å². The Morgan fingerprint density at radius 1 is 1.10 bits per heavy atom. The molecule has 2 aliphatic rings.